The Labute approximate surface area is 261 Å². The lowest BCUT2D eigenvalue weighted by Crippen LogP contribution is -2.37. The lowest BCUT2D eigenvalue weighted by atomic mass is 9.96. The van der Waals surface area contributed by atoms with Crippen LogP contribution in [0.25, 0.3) is 0 Å². The summed E-state index contributed by atoms with van der Waals surface area (Å²) in [5.74, 6) is -0.535. The molecule has 10 heteroatoms. The second-order valence-corrected chi connectivity index (χ2v) is 11.0. The average Bonchev–Trinajstić information content (AvgIpc) is 3.02. The van der Waals surface area contributed by atoms with E-state index in [2.05, 4.69) is 29.4 Å². The highest BCUT2D eigenvalue weighted by Gasteiger charge is 2.25. The number of alkyl halides is 1. The molecule has 0 aromatic heterocycles. The first-order valence-corrected chi connectivity index (χ1v) is 15.2. The van der Waals surface area contributed by atoms with Crippen LogP contribution in [0.1, 0.15) is 89.7 Å². The van der Waals surface area contributed by atoms with Crippen molar-refractivity contribution in [2.75, 3.05) is 26.4 Å². The number of halogens is 2. The van der Waals surface area contributed by atoms with Crippen molar-refractivity contribution in [3.05, 3.63) is 69.7 Å². The number of hydrogen-bond acceptors (Lipinski definition) is 6. The average molecular weight is 617 g/mol. The monoisotopic (exact) mass is 616 g/mol. The number of carbonyl (C=O) groups excluding carboxylic acids is 2. The summed E-state index contributed by atoms with van der Waals surface area (Å²) in [5.41, 5.74) is 4.63. The van der Waals surface area contributed by atoms with Crippen LogP contribution < -0.4 is 5.32 Å². The molecule has 0 bridgehead atoms. The third kappa shape index (κ3) is 12.5. The molecule has 0 spiro atoms. The van der Waals surface area contributed by atoms with Crippen LogP contribution in [0.4, 0.5) is 13.6 Å². The van der Waals surface area contributed by atoms with Gasteiger partial charge in [0, 0.05) is 37.5 Å². The Kier molecular flexibility index (Phi) is 17.7. The first kappa shape index (κ1) is 38.4. The van der Waals surface area contributed by atoms with Crippen molar-refractivity contribution in [3.63, 3.8) is 0 Å². The summed E-state index contributed by atoms with van der Waals surface area (Å²) in [7, 11) is 0. The van der Waals surface area contributed by atoms with Gasteiger partial charge >= 0.3 is 6.09 Å². The number of allylic oxidation sites excluding steroid dienone is 5. The molecule has 1 aliphatic heterocycles. The number of aliphatic hydroxyl groups excluding tert-OH is 1. The highest BCUT2D eigenvalue weighted by Crippen LogP contribution is 2.24. The summed E-state index contributed by atoms with van der Waals surface area (Å²) < 4.78 is 32.2. The minimum absolute atomic E-state index is 0.113. The third-order valence-electron chi connectivity index (χ3n) is 7.08. The number of ether oxygens (including phenoxy) is 1. The quantitative estimate of drug-likeness (QED) is 0.146. The van der Waals surface area contributed by atoms with Gasteiger partial charge in [-0.25, -0.2) is 13.6 Å². The fourth-order valence-corrected chi connectivity index (χ4v) is 4.05. The molecule has 1 unspecified atom stereocenters. The molecule has 2 rings (SSSR count). The van der Waals surface area contributed by atoms with Crippen LogP contribution in [-0.2, 0) is 17.7 Å². The molecule has 2 N–H and O–H groups in total. The van der Waals surface area contributed by atoms with Gasteiger partial charge in [0.1, 0.15) is 19.1 Å². The molecule has 0 radical (unpaired) electrons. The topological polar surface area (TPSA) is 104 Å². The number of nitrogens with zero attached hydrogens (tertiary/aromatic N) is 3. The Balaban J connectivity index is 0.00000178. The van der Waals surface area contributed by atoms with Crippen LogP contribution in [-0.4, -0.2) is 60.4 Å². The molecule has 0 aliphatic carbocycles. The first-order chi connectivity index (χ1) is 20.9. The fraction of sp³-hybridized carbons (Fsp3) is 0.529. The maximum atomic E-state index is 15.0. The fourth-order valence-electron chi connectivity index (χ4n) is 4.05. The molecule has 0 fully saturated rings. The highest BCUT2D eigenvalue weighted by atomic mass is 19.1. The summed E-state index contributed by atoms with van der Waals surface area (Å²) in [6.45, 7) is 15.5. The van der Waals surface area contributed by atoms with Crippen LogP contribution in [0.5, 0.6) is 0 Å². The second kappa shape index (κ2) is 20.3. The molecule has 1 heterocycles. The first-order valence-electron chi connectivity index (χ1n) is 15.2. The van der Waals surface area contributed by atoms with E-state index < -0.39 is 24.5 Å². The molecule has 1 aromatic carbocycles. The second-order valence-electron chi connectivity index (χ2n) is 11.0. The number of rotatable bonds is 12. The Hall–Kier alpha value is -3.66. The smallest absolute Gasteiger partial charge is 0.410 e. The van der Waals surface area contributed by atoms with E-state index in [9.17, 15) is 18.4 Å². The van der Waals surface area contributed by atoms with E-state index in [4.69, 9.17) is 9.84 Å². The number of fused-ring (bicyclic) bond motifs is 1. The Bertz CT molecular complexity index is 1250. The standard InChI is InChI=1S/C30H40F2N4O3.C4H10O/c1-7-20(4)27(12-10-11-22(6)28(21(5)8-2)35-33-9-3)34-29(37)25-17-24-19-36(30(38)39-16-14-31)15-13-23(24)18-26(25)32;1-4(2)3-5/h9-12,17-18,21H,7-8,13-16,19H2,1-6H3,(H,34,37);4-5H,3H2,1-2H3/b12-10-,22-11+,27-20?,33-9-,35-28+;. The summed E-state index contributed by atoms with van der Waals surface area (Å²) in [6, 6.07) is 2.82. The van der Waals surface area contributed by atoms with Gasteiger partial charge in [0.25, 0.3) is 5.91 Å². The van der Waals surface area contributed by atoms with Crippen LogP contribution in [0.15, 0.2) is 57.4 Å². The van der Waals surface area contributed by atoms with Gasteiger partial charge in [-0.1, -0.05) is 46.8 Å². The van der Waals surface area contributed by atoms with Gasteiger partial charge in [0.2, 0.25) is 0 Å². The highest BCUT2D eigenvalue weighted by molar-refractivity contribution is 6.01. The van der Waals surface area contributed by atoms with Crippen LogP contribution in [0.2, 0.25) is 0 Å². The van der Waals surface area contributed by atoms with E-state index in [1.807, 2.05) is 53.7 Å². The molecule has 0 saturated heterocycles. The minimum atomic E-state index is -0.761. The molecule has 1 aliphatic rings. The molecule has 0 saturated carbocycles. The lowest BCUT2D eigenvalue weighted by Gasteiger charge is -2.28. The summed E-state index contributed by atoms with van der Waals surface area (Å²) in [4.78, 5) is 26.7. The number of aliphatic hydroxyl groups is 1. The Morgan fingerprint density at radius 3 is 2.43 bits per heavy atom. The van der Waals surface area contributed by atoms with E-state index in [0.717, 1.165) is 28.8 Å². The Morgan fingerprint density at radius 1 is 1.18 bits per heavy atom. The number of nitrogens with one attached hydrogen (secondary N) is 1. The van der Waals surface area contributed by atoms with Crippen molar-refractivity contribution in [1.82, 2.24) is 10.2 Å². The number of carbonyl (C=O) groups is 2. The van der Waals surface area contributed by atoms with E-state index in [0.29, 0.717) is 43.2 Å². The number of hydrogen-bond donors (Lipinski definition) is 2. The molecule has 1 atom stereocenters. The zero-order valence-electron chi connectivity index (χ0n) is 27.5. The minimum Gasteiger partial charge on any atom is -0.447 e. The Morgan fingerprint density at radius 2 is 1.86 bits per heavy atom. The zero-order valence-corrected chi connectivity index (χ0v) is 27.5. The van der Waals surface area contributed by atoms with Gasteiger partial charge in [-0.2, -0.15) is 10.2 Å². The predicted molar refractivity (Wildman–Crippen MR) is 174 cm³/mol. The van der Waals surface area contributed by atoms with E-state index in [1.54, 1.807) is 12.3 Å². The lowest BCUT2D eigenvalue weighted by molar-refractivity contribution is 0.0920. The van der Waals surface area contributed by atoms with E-state index in [-0.39, 0.29) is 24.6 Å². The van der Waals surface area contributed by atoms with E-state index >= 15 is 0 Å². The largest absolute Gasteiger partial charge is 0.447 e. The maximum Gasteiger partial charge on any atom is 0.410 e. The van der Waals surface area contributed by atoms with Gasteiger partial charge in [-0.15, -0.1) is 0 Å². The molecular formula is C34H50F2N4O4. The summed E-state index contributed by atoms with van der Waals surface area (Å²) in [6.07, 6.45) is 8.58. The number of benzene rings is 1. The van der Waals surface area contributed by atoms with Crippen molar-refractivity contribution in [2.24, 2.45) is 22.0 Å². The third-order valence-corrected chi connectivity index (χ3v) is 7.08. The van der Waals surface area contributed by atoms with Crippen LogP contribution >= 0.6 is 0 Å². The van der Waals surface area contributed by atoms with Gasteiger partial charge in [0.15, 0.2) is 0 Å². The zero-order chi connectivity index (χ0) is 33.2. The predicted octanol–water partition coefficient (Wildman–Crippen LogP) is 7.33. The normalized spacial score (nSPS) is 15.1. The molecule has 2 amide bonds. The van der Waals surface area contributed by atoms with Crippen LogP contribution in [0, 0.1) is 17.7 Å². The van der Waals surface area contributed by atoms with Crippen molar-refractivity contribution in [3.8, 4) is 0 Å². The van der Waals surface area contributed by atoms with Crippen LogP contribution in [0.3, 0.4) is 0 Å². The van der Waals surface area contributed by atoms with Gasteiger partial charge in [-0.3, -0.25) is 4.79 Å². The molecule has 1 aromatic rings. The SMILES string of the molecule is CC(C)CO.C\C=N/N=C(/C(C)=C/C=C\C(NC(=O)c1cc2c(cc1F)CCN(C(=O)OCCF)C2)=C(C)CC)C(C)CC. The van der Waals surface area contributed by atoms with Crippen molar-refractivity contribution < 1.29 is 28.2 Å². The van der Waals surface area contributed by atoms with Crippen molar-refractivity contribution in [1.29, 1.82) is 0 Å². The molecule has 244 valence electrons. The number of amides is 2. The van der Waals surface area contributed by atoms with Gasteiger partial charge < -0.3 is 20.1 Å². The van der Waals surface area contributed by atoms with E-state index in [1.165, 1.54) is 17.0 Å². The maximum absolute atomic E-state index is 15.0. The summed E-state index contributed by atoms with van der Waals surface area (Å²) >= 11 is 0. The summed E-state index contributed by atoms with van der Waals surface area (Å²) in [5, 5.41) is 19.4. The van der Waals surface area contributed by atoms with Crippen molar-refractivity contribution >= 4 is 23.9 Å². The van der Waals surface area contributed by atoms with Crippen molar-refractivity contribution in [2.45, 2.75) is 81.2 Å². The molecule has 8 nitrogen and oxygen atoms in total. The molecular weight excluding hydrogens is 566 g/mol. The van der Waals surface area contributed by atoms with Gasteiger partial charge in [0.05, 0.1) is 11.3 Å². The molecule has 44 heavy (non-hydrogen) atoms. The van der Waals surface area contributed by atoms with Gasteiger partial charge in [-0.05, 0) is 86.4 Å².